The zero-order chi connectivity index (χ0) is 23.9. The number of amides is 1. The molecule has 0 bridgehead atoms. The number of rotatable bonds is 5. The van der Waals surface area contributed by atoms with Crippen molar-refractivity contribution < 1.29 is 17.8 Å². The van der Waals surface area contributed by atoms with Crippen LogP contribution in [0.15, 0.2) is 42.5 Å². The van der Waals surface area contributed by atoms with E-state index in [0.717, 1.165) is 5.56 Å². The number of hydrogen-bond acceptors (Lipinski definition) is 3. The summed E-state index contributed by atoms with van der Waals surface area (Å²) in [4.78, 5) is 14.9. The van der Waals surface area contributed by atoms with Gasteiger partial charge in [-0.05, 0) is 53.6 Å². The van der Waals surface area contributed by atoms with E-state index in [1.54, 1.807) is 30.0 Å². The molecule has 2 unspecified atom stereocenters. The van der Waals surface area contributed by atoms with Crippen molar-refractivity contribution in [1.29, 1.82) is 0 Å². The van der Waals surface area contributed by atoms with Crippen molar-refractivity contribution in [3.8, 4) is 0 Å². The van der Waals surface area contributed by atoms with Gasteiger partial charge in [0.15, 0.2) is 0 Å². The quantitative estimate of drug-likeness (QED) is 0.534. The molecule has 0 saturated carbocycles. The molecule has 2 atom stereocenters. The van der Waals surface area contributed by atoms with Crippen LogP contribution in [0.3, 0.4) is 0 Å². The molecule has 0 radical (unpaired) electrons. The van der Waals surface area contributed by atoms with Gasteiger partial charge in [0.25, 0.3) is 16.0 Å². The highest BCUT2D eigenvalue weighted by Gasteiger charge is 2.51. The molecule has 1 aliphatic heterocycles. The topological polar surface area (TPSA) is 74.7 Å². The summed E-state index contributed by atoms with van der Waals surface area (Å²) < 4.78 is 34.7. The van der Waals surface area contributed by atoms with Crippen LogP contribution < -0.4 is 0 Å². The fourth-order valence-corrected chi connectivity index (χ4v) is 6.30. The third kappa shape index (κ3) is 4.84. The fourth-order valence-electron chi connectivity index (χ4n) is 4.68. The average molecular weight is 498 g/mol. The number of carbonyl (C=O) groups is 1. The van der Waals surface area contributed by atoms with Gasteiger partial charge in [-0.15, -0.1) is 0 Å². The Balaban J connectivity index is 1.99. The van der Waals surface area contributed by atoms with Gasteiger partial charge in [0.2, 0.25) is 0 Å². The Hall–Kier alpha value is -1.60. The first-order valence-corrected chi connectivity index (χ1v) is 12.9. The predicted molar refractivity (Wildman–Crippen MR) is 129 cm³/mol. The smallest absolute Gasteiger partial charge is 0.268 e. The molecule has 1 aliphatic rings. The molecule has 0 spiro atoms. The van der Waals surface area contributed by atoms with Crippen molar-refractivity contribution in [3.05, 3.63) is 69.2 Å². The Morgan fingerprint density at radius 1 is 1.12 bits per heavy atom. The molecular weight excluding hydrogens is 469 g/mol. The molecule has 5 nitrogen and oxygen atoms in total. The highest BCUT2D eigenvalue weighted by molar-refractivity contribution is 7.86. The van der Waals surface area contributed by atoms with Crippen LogP contribution in [0.25, 0.3) is 0 Å². The first-order chi connectivity index (χ1) is 14.8. The van der Waals surface area contributed by atoms with Crippen LogP contribution in [-0.4, -0.2) is 42.1 Å². The maximum atomic E-state index is 13.3. The second-order valence-electron chi connectivity index (χ2n) is 9.50. The summed E-state index contributed by atoms with van der Waals surface area (Å²) in [7, 11) is -4.38. The Bertz CT molecular complexity index is 1110. The molecule has 174 valence electrons. The molecule has 1 N–H and O–H groups in total. The number of likely N-dealkylation sites (tertiary alicyclic amines) is 1. The number of carbonyl (C=O) groups excluding carboxylic acids is 1. The molecule has 32 heavy (non-hydrogen) atoms. The van der Waals surface area contributed by atoms with Gasteiger partial charge in [-0.2, -0.15) is 8.42 Å². The van der Waals surface area contributed by atoms with Crippen LogP contribution in [-0.2, 0) is 20.9 Å². The van der Waals surface area contributed by atoms with Crippen LogP contribution in [0.5, 0.6) is 0 Å². The number of nitrogens with zero attached hydrogens (tertiary/aromatic N) is 1. The molecule has 1 amide bonds. The van der Waals surface area contributed by atoms with Gasteiger partial charge in [0.05, 0.1) is 15.3 Å². The molecule has 1 fully saturated rings. The van der Waals surface area contributed by atoms with Gasteiger partial charge in [0.1, 0.15) is 0 Å². The minimum atomic E-state index is -4.38. The highest BCUT2D eigenvalue weighted by Crippen LogP contribution is 2.44. The lowest BCUT2D eigenvalue weighted by atomic mass is 9.75. The van der Waals surface area contributed by atoms with E-state index in [1.165, 1.54) is 0 Å². The van der Waals surface area contributed by atoms with E-state index < -0.39 is 20.8 Å². The first kappa shape index (κ1) is 25.0. The SMILES string of the molecule is CCC(C1(c2ccc(Cl)c(Cl)c2)CCN(C(=O)c2ccc(C(C)(C)C)cc2)C1)S(=O)(=O)O. The Kier molecular flexibility index (Phi) is 7.02. The molecule has 1 heterocycles. The second kappa shape index (κ2) is 8.98. The number of benzene rings is 2. The lowest BCUT2D eigenvalue weighted by Gasteiger charge is -2.36. The van der Waals surface area contributed by atoms with Crippen LogP contribution >= 0.6 is 23.2 Å². The minimum absolute atomic E-state index is 0.0257. The molecule has 3 rings (SSSR count). The van der Waals surface area contributed by atoms with Gasteiger partial charge in [-0.1, -0.05) is 69.1 Å². The van der Waals surface area contributed by atoms with Gasteiger partial charge >= 0.3 is 0 Å². The van der Waals surface area contributed by atoms with E-state index in [4.69, 9.17) is 23.2 Å². The van der Waals surface area contributed by atoms with Crippen molar-refractivity contribution >= 4 is 39.2 Å². The van der Waals surface area contributed by atoms with Gasteiger partial charge in [-0.3, -0.25) is 9.35 Å². The highest BCUT2D eigenvalue weighted by atomic mass is 35.5. The van der Waals surface area contributed by atoms with E-state index >= 15 is 0 Å². The Labute approximate surface area is 200 Å². The Morgan fingerprint density at radius 3 is 2.25 bits per heavy atom. The Morgan fingerprint density at radius 2 is 1.75 bits per heavy atom. The molecule has 2 aromatic rings. The summed E-state index contributed by atoms with van der Waals surface area (Å²) in [6, 6.07) is 12.5. The summed E-state index contributed by atoms with van der Waals surface area (Å²) in [6.07, 6.45) is 0.580. The monoisotopic (exact) mass is 497 g/mol. The largest absolute Gasteiger partial charge is 0.338 e. The van der Waals surface area contributed by atoms with Gasteiger partial charge in [0, 0.05) is 24.1 Å². The summed E-state index contributed by atoms with van der Waals surface area (Å²) in [6.45, 7) is 8.56. The lowest BCUT2D eigenvalue weighted by molar-refractivity contribution is 0.0782. The predicted octanol–water partition coefficient (Wildman–Crippen LogP) is 5.74. The van der Waals surface area contributed by atoms with Crippen LogP contribution in [0.2, 0.25) is 10.0 Å². The summed E-state index contributed by atoms with van der Waals surface area (Å²) in [5.41, 5.74) is 1.30. The van der Waals surface area contributed by atoms with Crippen LogP contribution in [0, 0.1) is 0 Å². The average Bonchev–Trinajstić information content (AvgIpc) is 3.14. The van der Waals surface area contributed by atoms with Crippen molar-refractivity contribution in [2.75, 3.05) is 13.1 Å². The van der Waals surface area contributed by atoms with Crippen molar-refractivity contribution in [2.24, 2.45) is 0 Å². The third-order valence-electron chi connectivity index (χ3n) is 6.43. The molecular formula is C24H29Cl2NO4S. The fraction of sp³-hybridized carbons (Fsp3) is 0.458. The second-order valence-corrected chi connectivity index (χ2v) is 11.9. The van der Waals surface area contributed by atoms with Gasteiger partial charge < -0.3 is 4.90 Å². The molecule has 0 aromatic heterocycles. The van der Waals surface area contributed by atoms with Crippen molar-refractivity contribution in [2.45, 2.75) is 56.6 Å². The first-order valence-electron chi connectivity index (χ1n) is 10.6. The number of hydrogen-bond donors (Lipinski definition) is 1. The van der Waals surface area contributed by atoms with Crippen LogP contribution in [0.1, 0.15) is 62.0 Å². The molecule has 2 aromatic carbocycles. The standard InChI is InChI=1S/C24H29Cl2NO4S/c1-5-21(32(29,30)31)24(18-10-11-19(25)20(26)14-18)12-13-27(15-24)22(28)16-6-8-17(9-7-16)23(2,3)4/h6-11,14,21H,5,12-13,15H2,1-4H3,(H,29,30,31). The van der Waals surface area contributed by atoms with E-state index in [-0.39, 0.29) is 24.3 Å². The normalized spacial score (nSPS) is 20.4. The third-order valence-corrected chi connectivity index (χ3v) is 8.67. The van der Waals surface area contributed by atoms with E-state index in [9.17, 15) is 17.8 Å². The summed E-state index contributed by atoms with van der Waals surface area (Å²) in [5, 5.41) is -0.417. The summed E-state index contributed by atoms with van der Waals surface area (Å²) in [5.74, 6) is -0.169. The van der Waals surface area contributed by atoms with Crippen molar-refractivity contribution in [1.82, 2.24) is 4.90 Å². The zero-order valence-corrected chi connectivity index (χ0v) is 21.1. The lowest BCUT2D eigenvalue weighted by Crippen LogP contribution is -2.47. The van der Waals surface area contributed by atoms with Gasteiger partial charge in [-0.25, -0.2) is 0 Å². The molecule has 8 heteroatoms. The van der Waals surface area contributed by atoms with E-state index in [0.29, 0.717) is 34.1 Å². The molecule has 1 saturated heterocycles. The zero-order valence-electron chi connectivity index (χ0n) is 18.7. The number of halogens is 2. The maximum Gasteiger partial charge on any atom is 0.268 e. The maximum absolute atomic E-state index is 13.3. The van der Waals surface area contributed by atoms with Crippen LogP contribution in [0.4, 0.5) is 0 Å². The van der Waals surface area contributed by atoms with E-state index in [1.807, 2.05) is 24.3 Å². The van der Waals surface area contributed by atoms with Crippen molar-refractivity contribution in [3.63, 3.8) is 0 Å². The molecule has 0 aliphatic carbocycles. The minimum Gasteiger partial charge on any atom is -0.338 e. The van der Waals surface area contributed by atoms with E-state index in [2.05, 4.69) is 20.8 Å². The summed E-state index contributed by atoms with van der Waals surface area (Å²) >= 11 is 12.3.